The van der Waals surface area contributed by atoms with E-state index in [-0.39, 0.29) is 11.6 Å². The summed E-state index contributed by atoms with van der Waals surface area (Å²) >= 11 is 0. The highest BCUT2D eigenvalue weighted by Crippen LogP contribution is 2.37. The minimum atomic E-state index is 0.0200. The van der Waals surface area contributed by atoms with Crippen LogP contribution in [0.3, 0.4) is 0 Å². The molecule has 0 bridgehead atoms. The SMILES string of the molecule is CCN(CC)C(=O)CN1CCC(c2nn(C)c(=O)n2C2CC2)CC1. The Labute approximate surface area is 143 Å². The van der Waals surface area contributed by atoms with Crippen LogP contribution < -0.4 is 5.69 Å². The number of carbonyl (C=O) groups is 1. The van der Waals surface area contributed by atoms with Crippen molar-refractivity contribution in [2.45, 2.75) is 51.5 Å². The molecule has 134 valence electrons. The van der Waals surface area contributed by atoms with E-state index in [0.29, 0.717) is 18.5 Å². The second kappa shape index (κ2) is 7.09. The van der Waals surface area contributed by atoms with E-state index in [0.717, 1.165) is 57.7 Å². The number of carbonyl (C=O) groups excluding carboxylic acids is 1. The van der Waals surface area contributed by atoms with Gasteiger partial charge in [-0.3, -0.25) is 14.3 Å². The van der Waals surface area contributed by atoms with E-state index in [1.165, 1.54) is 4.68 Å². The van der Waals surface area contributed by atoms with Gasteiger partial charge in [0.15, 0.2) is 0 Å². The molecule has 2 heterocycles. The number of hydrogen-bond donors (Lipinski definition) is 0. The molecular formula is C17H29N5O2. The quantitative estimate of drug-likeness (QED) is 0.777. The maximum absolute atomic E-state index is 12.3. The van der Waals surface area contributed by atoms with Crippen LogP contribution in [0.1, 0.15) is 57.3 Å². The van der Waals surface area contributed by atoms with Crippen LogP contribution >= 0.6 is 0 Å². The van der Waals surface area contributed by atoms with Crippen molar-refractivity contribution in [2.24, 2.45) is 7.05 Å². The van der Waals surface area contributed by atoms with Gasteiger partial charge >= 0.3 is 5.69 Å². The molecule has 1 aromatic rings. The van der Waals surface area contributed by atoms with Crippen LogP contribution in [-0.4, -0.2) is 62.8 Å². The molecule has 0 radical (unpaired) electrons. The zero-order valence-electron chi connectivity index (χ0n) is 15.1. The third-order valence-corrected chi connectivity index (χ3v) is 5.32. The summed E-state index contributed by atoms with van der Waals surface area (Å²) in [5.74, 6) is 1.50. The van der Waals surface area contributed by atoms with E-state index in [1.807, 2.05) is 23.3 Å². The number of aromatic nitrogens is 3. The van der Waals surface area contributed by atoms with Crippen LogP contribution in [0.5, 0.6) is 0 Å². The molecule has 7 heteroatoms. The molecular weight excluding hydrogens is 306 g/mol. The number of likely N-dealkylation sites (N-methyl/N-ethyl adjacent to an activating group) is 1. The molecule has 3 rings (SSSR count). The minimum absolute atomic E-state index is 0.0200. The summed E-state index contributed by atoms with van der Waals surface area (Å²) in [5.41, 5.74) is 0.0200. The number of aryl methyl sites for hydroxylation is 1. The van der Waals surface area contributed by atoms with Gasteiger partial charge in [0.2, 0.25) is 5.91 Å². The van der Waals surface area contributed by atoms with E-state index < -0.39 is 0 Å². The highest BCUT2D eigenvalue weighted by Gasteiger charge is 2.33. The number of amides is 1. The third-order valence-electron chi connectivity index (χ3n) is 5.32. The Morgan fingerprint density at radius 1 is 1.17 bits per heavy atom. The number of nitrogens with zero attached hydrogens (tertiary/aromatic N) is 5. The Bertz CT molecular complexity index is 634. The summed E-state index contributed by atoms with van der Waals surface area (Å²) in [6.45, 7) is 7.88. The normalized spacial score (nSPS) is 19.6. The Kier molecular flexibility index (Phi) is 5.08. The van der Waals surface area contributed by atoms with Crippen LogP contribution in [0.25, 0.3) is 0 Å². The van der Waals surface area contributed by atoms with E-state index in [4.69, 9.17) is 0 Å². The van der Waals surface area contributed by atoms with Gasteiger partial charge in [-0.15, -0.1) is 0 Å². The molecule has 0 atom stereocenters. The first-order valence-corrected chi connectivity index (χ1v) is 9.20. The molecule has 2 fully saturated rings. The van der Waals surface area contributed by atoms with Crippen molar-refractivity contribution in [2.75, 3.05) is 32.7 Å². The van der Waals surface area contributed by atoms with Crippen LogP contribution in [0.15, 0.2) is 4.79 Å². The lowest BCUT2D eigenvalue weighted by atomic mass is 9.96. The van der Waals surface area contributed by atoms with Crippen molar-refractivity contribution in [3.63, 3.8) is 0 Å². The van der Waals surface area contributed by atoms with Gasteiger partial charge in [0.25, 0.3) is 0 Å². The Morgan fingerprint density at radius 2 is 1.79 bits per heavy atom. The van der Waals surface area contributed by atoms with Crippen molar-refractivity contribution >= 4 is 5.91 Å². The number of hydrogen-bond acceptors (Lipinski definition) is 4. The molecule has 2 aliphatic rings. The first-order valence-electron chi connectivity index (χ1n) is 9.20. The van der Waals surface area contributed by atoms with Gasteiger partial charge in [-0.25, -0.2) is 9.48 Å². The van der Waals surface area contributed by atoms with Crippen LogP contribution in [0.2, 0.25) is 0 Å². The Morgan fingerprint density at radius 3 is 2.33 bits per heavy atom. The van der Waals surface area contributed by atoms with E-state index >= 15 is 0 Å². The monoisotopic (exact) mass is 335 g/mol. The van der Waals surface area contributed by atoms with Crippen LogP contribution in [0, 0.1) is 0 Å². The molecule has 0 N–H and O–H groups in total. The predicted octanol–water partition coefficient (Wildman–Crippen LogP) is 0.964. The van der Waals surface area contributed by atoms with Crippen LogP contribution in [-0.2, 0) is 11.8 Å². The first-order chi connectivity index (χ1) is 11.5. The van der Waals surface area contributed by atoms with Crippen molar-refractivity contribution in [1.82, 2.24) is 24.1 Å². The van der Waals surface area contributed by atoms with E-state index in [1.54, 1.807) is 7.05 Å². The largest absolute Gasteiger partial charge is 0.345 e. The average molecular weight is 335 g/mol. The molecule has 0 aromatic carbocycles. The van der Waals surface area contributed by atoms with Gasteiger partial charge in [0, 0.05) is 32.1 Å². The van der Waals surface area contributed by atoms with Gasteiger partial charge in [-0.2, -0.15) is 5.10 Å². The summed E-state index contributed by atoms with van der Waals surface area (Å²) in [6.07, 6.45) is 4.12. The van der Waals surface area contributed by atoms with Gasteiger partial charge in [0.05, 0.1) is 6.54 Å². The maximum atomic E-state index is 12.3. The zero-order chi connectivity index (χ0) is 17.3. The molecule has 1 aliphatic carbocycles. The summed E-state index contributed by atoms with van der Waals surface area (Å²) in [5, 5.41) is 4.51. The van der Waals surface area contributed by atoms with Crippen molar-refractivity contribution in [3.8, 4) is 0 Å². The van der Waals surface area contributed by atoms with E-state index in [2.05, 4.69) is 10.00 Å². The third kappa shape index (κ3) is 3.41. The van der Waals surface area contributed by atoms with Gasteiger partial charge in [-0.1, -0.05) is 0 Å². The summed E-state index contributed by atoms with van der Waals surface area (Å²) in [7, 11) is 1.74. The van der Waals surface area contributed by atoms with Crippen molar-refractivity contribution in [1.29, 1.82) is 0 Å². The van der Waals surface area contributed by atoms with Crippen LogP contribution in [0.4, 0.5) is 0 Å². The molecule has 7 nitrogen and oxygen atoms in total. The number of piperidine rings is 1. The fourth-order valence-electron chi connectivity index (χ4n) is 3.67. The topological polar surface area (TPSA) is 63.4 Å². The lowest BCUT2D eigenvalue weighted by molar-refractivity contribution is -0.132. The summed E-state index contributed by atoms with van der Waals surface area (Å²) < 4.78 is 3.39. The van der Waals surface area contributed by atoms with Crippen molar-refractivity contribution < 1.29 is 4.79 Å². The number of rotatable bonds is 6. The molecule has 0 spiro atoms. The molecule has 1 saturated carbocycles. The fraction of sp³-hybridized carbons (Fsp3) is 0.824. The molecule has 1 saturated heterocycles. The predicted molar refractivity (Wildman–Crippen MR) is 92.1 cm³/mol. The second-order valence-corrected chi connectivity index (χ2v) is 6.98. The Balaban J connectivity index is 1.61. The Hall–Kier alpha value is -1.63. The minimum Gasteiger partial charge on any atom is -0.342 e. The second-order valence-electron chi connectivity index (χ2n) is 6.98. The molecule has 24 heavy (non-hydrogen) atoms. The van der Waals surface area contributed by atoms with Crippen molar-refractivity contribution in [3.05, 3.63) is 16.3 Å². The average Bonchev–Trinajstić information content (AvgIpc) is 3.36. The number of likely N-dealkylation sites (tertiary alicyclic amines) is 1. The molecule has 0 unspecified atom stereocenters. The maximum Gasteiger partial charge on any atom is 0.345 e. The summed E-state index contributed by atoms with van der Waals surface area (Å²) in [6, 6.07) is 0.364. The fourth-order valence-corrected chi connectivity index (χ4v) is 3.67. The molecule has 1 aliphatic heterocycles. The van der Waals surface area contributed by atoms with Gasteiger partial charge in [-0.05, 0) is 52.6 Å². The highest BCUT2D eigenvalue weighted by atomic mass is 16.2. The lowest BCUT2D eigenvalue weighted by Gasteiger charge is -2.32. The standard InChI is InChI=1S/C17H29N5O2/c1-4-21(5-2)15(23)12-20-10-8-13(9-11-20)16-18-19(3)17(24)22(16)14-6-7-14/h13-14H,4-12H2,1-3H3. The van der Waals surface area contributed by atoms with E-state index in [9.17, 15) is 9.59 Å². The summed E-state index contributed by atoms with van der Waals surface area (Å²) in [4.78, 5) is 28.6. The zero-order valence-corrected chi connectivity index (χ0v) is 15.1. The lowest BCUT2D eigenvalue weighted by Crippen LogP contribution is -2.43. The first kappa shape index (κ1) is 17.2. The van der Waals surface area contributed by atoms with Gasteiger partial charge in [0.1, 0.15) is 5.82 Å². The van der Waals surface area contributed by atoms with Gasteiger partial charge < -0.3 is 4.90 Å². The molecule has 1 aromatic heterocycles. The molecule has 1 amide bonds. The highest BCUT2D eigenvalue weighted by molar-refractivity contribution is 5.78. The smallest absolute Gasteiger partial charge is 0.342 e.